The Morgan fingerprint density at radius 2 is 2.33 bits per heavy atom. The third kappa shape index (κ3) is 2.61. The van der Waals surface area contributed by atoms with Gasteiger partial charge in [0.1, 0.15) is 5.75 Å². The van der Waals surface area contributed by atoms with Crippen LogP contribution >= 0.6 is 0 Å². The zero-order chi connectivity index (χ0) is 11.4. The Morgan fingerprint density at radius 3 is 2.80 bits per heavy atom. The van der Waals surface area contributed by atoms with E-state index in [9.17, 15) is 18.7 Å². The summed E-state index contributed by atoms with van der Waals surface area (Å²) in [5, 5.41) is 9.24. The lowest BCUT2D eigenvalue weighted by Gasteiger charge is -2.05. The van der Waals surface area contributed by atoms with E-state index >= 15 is 0 Å². The second-order valence-electron chi connectivity index (χ2n) is 2.66. The van der Waals surface area contributed by atoms with Crippen LogP contribution in [0, 0.1) is 0 Å². The molecule has 0 aliphatic carbocycles. The molecule has 0 spiro atoms. The van der Waals surface area contributed by atoms with Gasteiger partial charge in [-0.15, -0.1) is 0 Å². The molecular formula is C9H9F2NO3. The molecule has 15 heavy (non-hydrogen) atoms. The van der Waals surface area contributed by atoms with E-state index in [1.165, 1.54) is 0 Å². The number of esters is 1. The number of hydrogen-bond acceptors (Lipinski definition) is 4. The molecule has 0 fully saturated rings. The van der Waals surface area contributed by atoms with Crippen molar-refractivity contribution in [2.45, 2.75) is 13.3 Å². The molecule has 0 unspecified atom stereocenters. The fourth-order valence-corrected chi connectivity index (χ4v) is 0.945. The van der Waals surface area contributed by atoms with E-state index in [2.05, 4.69) is 9.72 Å². The third-order valence-electron chi connectivity index (χ3n) is 1.61. The summed E-state index contributed by atoms with van der Waals surface area (Å²) in [6.07, 6.45) is -1.91. The number of pyridine rings is 1. The number of nitrogens with zero attached hydrogens (tertiary/aromatic N) is 1. The molecule has 0 aliphatic rings. The van der Waals surface area contributed by atoms with Crippen molar-refractivity contribution in [2.24, 2.45) is 0 Å². The van der Waals surface area contributed by atoms with Crippen LogP contribution in [0.5, 0.6) is 5.75 Å². The quantitative estimate of drug-likeness (QED) is 0.785. The normalized spacial score (nSPS) is 10.4. The van der Waals surface area contributed by atoms with Gasteiger partial charge in [-0.25, -0.2) is 18.6 Å². The highest BCUT2D eigenvalue weighted by Crippen LogP contribution is 2.24. The maximum Gasteiger partial charge on any atom is 0.360 e. The standard InChI is InChI=1S/C9H9F2NO3/c1-2-15-9(14)7-6(13)3-5(4-12-7)8(10)11/h3-4,8,13H,2H2,1H3. The zero-order valence-corrected chi connectivity index (χ0v) is 7.91. The first kappa shape index (κ1) is 11.4. The minimum Gasteiger partial charge on any atom is -0.505 e. The topological polar surface area (TPSA) is 59.4 Å². The van der Waals surface area contributed by atoms with Gasteiger partial charge >= 0.3 is 5.97 Å². The number of rotatable bonds is 3. The van der Waals surface area contributed by atoms with Crippen LogP contribution in [0.15, 0.2) is 12.3 Å². The molecule has 0 aromatic carbocycles. The first-order valence-corrected chi connectivity index (χ1v) is 4.20. The van der Waals surface area contributed by atoms with Gasteiger partial charge in [0.2, 0.25) is 0 Å². The Morgan fingerprint density at radius 1 is 1.67 bits per heavy atom. The van der Waals surface area contributed by atoms with E-state index in [0.29, 0.717) is 0 Å². The largest absolute Gasteiger partial charge is 0.505 e. The van der Waals surface area contributed by atoms with Crippen LogP contribution in [0.25, 0.3) is 0 Å². The minimum atomic E-state index is -2.74. The maximum absolute atomic E-state index is 12.2. The van der Waals surface area contributed by atoms with E-state index in [-0.39, 0.29) is 12.3 Å². The van der Waals surface area contributed by atoms with Crippen LogP contribution in [0.4, 0.5) is 8.78 Å². The summed E-state index contributed by atoms with van der Waals surface area (Å²) in [6, 6.07) is 0.796. The Balaban J connectivity index is 2.98. The average Bonchev–Trinajstić information content (AvgIpc) is 2.17. The second kappa shape index (κ2) is 4.68. The first-order chi connectivity index (χ1) is 7.06. The molecule has 0 amide bonds. The molecule has 1 N–H and O–H groups in total. The van der Waals surface area contributed by atoms with Crippen molar-refractivity contribution >= 4 is 5.97 Å². The molecule has 0 atom stereocenters. The first-order valence-electron chi connectivity index (χ1n) is 4.20. The van der Waals surface area contributed by atoms with Crippen LogP contribution in [-0.2, 0) is 4.74 Å². The Kier molecular flexibility index (Phi) is 3.54. The average molecular weight is 217 g/mol. The van der Waals surface area contributed by atoms with E-state index in [0.717, 1.165) is 12.3 Å². The smallest absolute Gasteiger partial charge is 0.360 e. The zero-order valence-electron chi connectivity index (χ0n) is 7.91. The van der Waals surface area contributed by atoms with Gasteiger partial charge in [0.05, 0.1) is 6.61 Å². The molecular weight excluding hydrogens is 208 g/mol. The number of ether oxygens (including phenoxy) is 1. The number of aromatic nitrogens is 1. The van der Waals surface area contributed by atoms with Crippen molar-refractivity contribution < 1.29 is 23.4 Å². The van der Waals surface area contributed by atoms with Gasteiger partial charge in [0, 0.05) is 11.8 Å². The summed E-state index contributed by atoms with van der Waals surface area (Å²) in [6.45, 7) is 1.71. The number of carbonyl (C=O) groups is 1. The van der Waals surface area contributed by atoms with Gasteiger partial charge < -0.3 is 9.84 Å². The van der Waals surface area contributed by atoms with Crippen molar-refractivity contribution in [1.82, 2.24) is 4.98 Å². The summed E-state index contributed by atoms with van der Waals surface area (Å²) in [7, 11) is 0. The highest BCUT2D eigenvalue weighted by molar-refractivity contribution is 5.90. The van der Waals surface area contributed by atoms with Crippen molar-refractivity contribution in [3.05, 3.63) is 23.5 Å². The molecule has 82 valence electrons. The van der Waals surface area contributed by atoms with Crippen molar-refractivity contribution in [3.8, 4) is 5.75 Å². The van der Waals surface area contributed by atoms with Gasteiger partial charge in [-0.3, -0.25) is 0 Å². The predicted molar refractivity (Wildman–Crippen MR) is 46.8 cm³/mol. The van der Waals surface area contributed by atoms with Crippen LogP contribution in [-0.4, -0.2) is 22.7 Å². The van der Waals surface area contributed by atoms with Crippen molar-refractivity contribution in [1.29, 1.82) is 0 Å². The number of aromatic hydroxyl groups is 1. The molecule has 0 aliphatic heterocycles. The summed E-state index contributed by atoms with van der Waals surface area (Å²) in [4.78, 5) is 14.5. The summed E-state index contributed by atoms with van der Waals surface area (Å²) >= 11 is 0. The van der Waals surface area contributed by atoms with Gasteiger partial charge in [-0.1, -0.05) is 0 Å². The van der Waals surface area contributed by atoms with E-state index in [4.69, 9.17) is 0 Å². The molecule has 0 saturated carbocycles. The molecule has 0 radical (unpaired) electrons. The fraction of sp³-hybridized carbons (Fsp3) is 0.333. The van der Waals surface area contributed by atoms with Crippen LogP contribution in [0.1, 0.15) is 29.4 Å². The maximum atomic E-state index is 12.2. The Bertz CT molecular complexity index is 368. The second-order valence-corrected chi connectivity index (χ2v) is 2.66. The van der Waals surface area contributed by atoms with Gasteiger partial charge in [0.15, 0.2) is 5.69 Å². The van der Waals surface area contributed by atoms with Crippen LogP contribution in [0.2, 0.25) is 0 Å². The summed E-state index contributed by atoms with van der Waals surface area (Å²) in [5.74, 6) is -1.44. The van der Waals surface area contributed by atoms with Crippen LogP contribution < -0.4 is 0 Å². The highest BCUT2D eigenvalue weighted by Gasteiger charge is 2.17. The van der Waals surface area contributed by atoms with Crippen LogP contribution in [0.3, 0.4) is 0 Å². The van der Waals surface area contributed by atoms with Gasteiger partial charge in [0.25, 0.3) is 6.43 Å². The number of hydrogen-bond donors (Lipinski definition) is 1. The van der Waals surface area contributed by atoms with E-state index < -0.39 is 23.7 Å². The Hall–Kier alpha value is -1.72. The van der Waals surface area contributed by atoms with E-state index in [1.807, 2.05) is 0 Å². The third-order valence-corrected chi connectivity index (χ3v) is 1.61. The molecule has 0 saturated heterocycles. The fourth-order valence-electron chi connectivity index (χ4n) is 0.945. The molecule has 1 aromatic heterocycles. The molecule has 0 bridgehead atoms. The Labute approximate surface area is 84.5 Å². The van der Waals surface area contributed by atoms with E-state index in [1.54, 1.807) is 6.92 Å². The summed E-state index contributed by atoms with van der Waals surface area (Å²) in [5.41, 5.74) is -0.804. The predicted octanol–water partition coefficient (Wildman–Crippen LogP) is 1.90. The minimum absolute atomic E-state index is 0.122. The lowest BCUT2D eigenvalue weighted by molar-refractivity contribution is 0.0515. The molecule has 1 aromatic rings. The molecule has 6 heteroatoms. The molecule has 4 nitrogen and oxygen atoms in total. The number of alkyl halides is 2. The molecule has 1 rings (SSSR count). The monoisotopic (exact) mass is 217 g/mol. The van der Waals surface area contributed by atoms with Gasteiger partial charge in [-0.2, -0.15) is 0 Å². The van der Waals surface area contributed by atoms with Gasteiger partial charge in [-0.05, 0) is 13.0 Å². The lowest BCUT2D eigenvalue weighted by Crippen LogP contribution is -2.07. The number of halogens is 2. The molecule has 1 heterocycles. The highest BCUT2D eigenvalue weighted by atomic mass is 19.3. The SMILES string of the molecule is CCOC(=O)c1ncc(C(F)F)cc1O. The number of carbonyl (C=O) groups excluding carboxylic acids is 1. The lowest BCUT2D eigenvalue weighted by atomic mass is 10.2. The van der Waals surface area contributed by atoms with Crippen molar-refractivity contribution in [3.63, 3.8) is 0 Å². The summed E-state index contributed by atoms with van der Waals surface area (Å²) < 4.78 is 28.9. The van der Waals surface area contributed by atoms with Crippen molar-refractivity contribution in [2.75, 3.05) is 6.61 Å².